The zero-order valence-corrected chi connectivity index (χ0v) is 23.8. The van der Waals surface area contributed by atoms with E-state index in [-0.39, 0.29) is 12.0 Å². The third-order valence-electron chi connectivity index (χ3n) is 6.57. The summed E-state index contributed by atoms with van der Waals surface area (Å²) in [4.78, 5) is 29.9. The Bertz CT molecular complexity index is 1320. The van der Waals surface area contributed by atoms with Gasteiger partial charge in [0.25, 0.3) is 0 Å². The van der Waals surface area contributed by atoms with E-state index in [0.29, 0.717) is 22.1 Å². The topological polar surface area (TPSA) is 79.5 Å². The van der Waals surface area contributed by atoms with Crippen LogP contribution < -0.4 is 16.0 Å². The Balaban J connectivity index is 1.37. The lowest BCUT2D eigenvalue weighted by molar-refractivity contribution is 0.00699. The Hall–Kier alpha value is -2.39. The second-order valence-electron chi connectivity index (χ2n) is 10.5. The number of rotatable bonds is 5. The molecule has 37 heavy (non-hydrogen) atoms. The van der Waals surface area contributed by atoms with Crippen LogP contribution in [0, 0.1) is 0 Å². The van der Waals surface area contributed by atoms with Crippen LogP contribution in [0.4, 0.5) is 9.80 Å². The molecule has 3 aromatic rings. The monoisotopic (exact) mass is 557 g/mol. The van der Waals surface area contributed by atoms with E-state index >= 15 is 0 Å². The molecule has 5 rings (SSSR count). The van der Waals surface area contributed by atoms with E-state index in [2.05, 4.69) is 16.0 Å². The number of anilines is 1. The van der Waals surface area contributed by atoms with Crippen LogP contribution in [0.15, 0.2) is 24.3 Å². The molecule has 0 atom stereocenters. The SMILES string of the molecule is CC(C)(C)OC(=O)c1c(NC(=O)NCc2c(-c3ccc(Cl)cc3)sc3c2CCNC3)sc2c1CCCC2. The molecule has 0 radical (unpaired) electrons. The first-order valence-electron chi connectivity index (χ1n) is 12.7. The van der Waals surface area contributed by atoms with Crippen molar-refractivity contribution in [3.8, 4) is 10.4 Å². The molecule has 0 saturated carbocycles. The van der Waals surface area contributed by atoms with Gasteiger partial charge < -0.3 is 15.4 Å². The second-order valence-corrected chi connectivity index (χ2v) is 13.1. The van der Waals surface area contributed by atoms with Gasteiger partial charge in [-0.05, 0) is 93.8 Å². The van der Waals surface area contributed by atoms with Crippen molar-refractivity contribution in [2.45, 2.75) is 71.6 Å². The minimum Gasteiger partial charge on any atom is -0.456 e. The average Bonchev–Trinajstić information content (AvgIpc) is 3.40. The number of thiophene rings is 2. The number of carbonyl (C=O) groups is 2. The maximum Gasteiger partial charge on any atom is 0.341 e. The molecule has 0 saturated heterocycles. The smallest absolute Gasteiger partial charge is 0.341 e. The molecular weight excluding hydrogens is 526 g/mol. The van der Waals surface area contributed by atoms with Crippen LogP contribution in [0.5, 0.6) is 0 Å². The number of benzene rings is 1. The van der Waals surface area contributed by atoms with Crippen LogP contribution in [-0.4, -0.2) is 24.1 Å². The van der Waals surface area contributed by atoms with Crippen molar-refractivity contribution in [1.29, 1.82) is 0 Å². The largest absolute Gasteiger partial charge is 0.456 e. The Morgan fingerprint density at radius 1 is 1.03 bits per heavy atom. The van der Waals surface area contributed by atoms with Crippen LogP contribution in [0.25, 0.3) is 10.4 Å². The summed E-state index contributed by atoms with van der Waals surface area (Å²) in [7, 11) is 0. The summed E-state index contributed by atoms with van der Waals surface area (Å²) in [6.45, 7) is 7.74. The summed E-state index contributed by atoms with van der Waals surface area (Å²) in [5.74, 6) is -0.369. The van der Waals surface area contributed by atoms with E-state index < -0.39 is 5.60 Å². The van der Waals surface area contributed by atoms with Gasteiger partial charge in [-0.25, -0.2) is 9.59 Å². The standard InChI is InChI=1S/C28H32ClN3O3S2/c1-28(2,3)35-26(33)23-19-6-4-5-7-21(19)37-25(23)32-27(34)31-14-20-18-12-13-30-15-22(18)36-24(20)16-8-10-17(29)11-9-16/h8-11,30H,4-7,12-15H2,1-3H3,(H2,31,32,34). The Kier molecular flexibility index (Phi) is 7.63. The number of carbonyl (C=O) groups excluding carboxylic acids is 2. The zero-order chi connectivity index (χ0) is 26.2. The fourth-order valence-corrected chi connectivity index (χ4v) is 7.68. The second kappa shape index (κ2) is 10.8. The number of hydrogen-bond donors (Lipinski definition) is 3. The van der Waals surface area contributed by atoms with E-state index in [1.807, 2.05) is 45.0 Å². The Morgan fingerprint density at radius 2 is 1.78 bits per heavy atom. The summed E-state index contributed by atoms with van der Waals surface area (Å²) in [5, 5.41) is 10.8. The van der Waals surface area contributed by atoms with Gasteiger partial charge in [-0.1, -0.05) is 23.7 Å². The van der Waals surface area contributed by atoms with Crippen molar-refractivity contribution in [2.75, 3.05) is 11.9 Å². The molecule has 0 bridgehead atoms. The summed E-state index contributed by atoms with van der Waals surface area (Å²) < 4.78 is 5.71. The number of amides is 2. The first kappa shape index (κ1) is 26.2. The maximum absolute atomic E-state index is 13.1. The number of urea groups is 1. The van der Waals surface area contributed by atoms with Crippen LogP contribution in [0.3, 0.4) is 0 Å². The molecule has 0 spiro atoms. The van der Waals surface area contributed by atoms with Gasteiger partial charge in [0.05, 0.1) is 5.56 Å². The molecule has 9 heteroatoms. The lowest BCUT2D eigenvalue weighted by Crippen LogP contribution is -2.30. The number of halogens is 1. The minimum absolute atomic E-state index is 0.320. The number of nitrogens with one attached hydrogen (secondary N) is 3. The van der Waals surface area contributed by atoms with Crippen molar-refractivity contribution >= 4 is 51.3 Å². The van der Waals surface area contributed by atoms with Gasteiger partial charge in [0.2, 0.25) is 0 Å². The third kappa shape index (κ3) is 5.87. The molecule has 2 aromatic heterocycles. The van der Waals surface area contributed by atoms with Crippen LogP contribution in [0.1, 0.15) is 70.4 Å². The molecule has 3 heterocycles. The number of aryl methyl sites for hydroxylation is 1. The fraction of sp³-hybridized carbons (Fsp3) is 0.429. The Morgan fingerprint density at radius 3 is 2.54 bits per heavy atom. The van der Waals surface area contributed by atoms with E-state index in [1.54, 1.807) is 11.3 Å². The lowest BCUT2D eigenvalue weighted by atomic mass is 9.95. The number of fused-ring (bicyclic) bond motifs is 2. The molecule has 1 aromatic carbocycles. The van der Waals surface area contributed by atoms with E-state index in [1.165, 1.54) is 26.7 Å². The lowest BCUT2D eigenvalue weighted by Gasteiger charge is -2.21. The highest BCUT2D eigenvalue weighted by Gasteiger charge is 2.30. The highest BCUT2D eigenvalue weighted by Crippen LogP contribution is 2.40. The molecular formula is C28H32ClN3O3S2. The predicted molar refractivity (Wildman–Crippen MR) is 152 cm³/mol. The van der Waals surface area contributed by atoms with Gasteiger partial charge in [-0.2, -0.15) is 0 Å². The molecule has 0 fully saturated rings. The van der Waals surface area contributed by atoms with Gasteiger partial charge in [-0.15, -0.1) is 22.7 Å². The van der Waals surface area contributed by atoms with Crippen molar-refractivity contribution < 1.29 is 14.3 Å². The number of ether oxygens (including phenoxy) is 1. The first-order valence-corrected chi connectivity index (χ1v) is 14.7. The van der Waals surface area contributed by atoms with Crippen LogP contribution >= 0.6 is 34.3 Å². The molecule has 1 aliphatic heterocycles. The van der Waals surface area contributed by atoms with E-state index in [9.17, 15) is 9.59 Å². The molecule has 1 aliphatic carbocycles. The van der Waals surface area contributed by atoms with Crippen LogP contribution in [0.2, 0.25) is 5.02 Å². The number of hydrogen-bond acceptors (Lipinski definition) is 6. The molecule has 3 N–H and O–H groups in total. The highest BCUT2D eigenvalue weighted by molar-refractivity contribution is 7.17. The molecule has 0 unspecified atom stereocenters. The molecule has 6 nitrogen and oxygen atoms in total. The molecule has 2 aliphatic rings. The zero-order valence-electron chi connectivity index (χ0n) is 21.4. The maximum atomic E-state index is 13.1. The Labute approximate surface area is 230 Å². The van der Waals surface area contributed by atoms with Crippen molar-refractivity contribution in [1.82, 2.24) is 10.6 Å². The van der Waals surface area contributed by atoms with Gasteiger partial charge in [0.15, 0.2) is 0 Å². The average molecular weight is 558 g/mol. The van der Waals surface area contributed by atoms with Crippen molar-refractivity contribution in [3.05, 3.63) is 61.3 Å². The third-order valence-corrected chi connectivity index (χ3v) is 9.35. The van der Waals surface area contributed by atoms with E-state index in [4.69, 9.17) is 16.3 Å². The quantitative estimate of drug-likeness (QED) is 0.297. The summed E-state index contributed by atoms with van der Waals surface area (Å²) in [5.41, 5.74) is 4.51. The number of esters is 1. The highest BCUT2D eigenvalue weighted by atomic mass is 35.5. The van der Waals surface area contributed by atoms with Gasteiger partial charge >= 0.3 is 12.0 Å². The van der Waals surface area contributed by atoms with Crippen molar-refractivity contribution in [2.24, 2.45) is 0 Å². The van der Waals surface area contributed by atoms with E-state index in [0.717, 1.165) is 66.8 Å². The van der Waals surface area contributed by atoms with Gasteiger partial charge in [0, 0.05) is 32.7 Å². The van der Waals surface area contributed by atoms with Crippen molar-refractivity contribution in [3.63, 3.8) is 0 Å². The normalized spacial score (nSPS) is 15.0. The summed E-state index contributed by atoms with van der Waals surface area (Å²) >= 11 is 9.39. The van der Waals surface area contributed by atoms with Gasteiger partial charge in [0.1, 0.15) is 10.6 Å². The summed E-state index contributed by atoms with van der Waals surface area (Å²) in [6, 6.07) is 7.53. The minimum atomic E-state index is -0.606. The molecule has 2 amide bonds. The summed E-state index contributed by atoms with van der Waals surface area (Å²) in [6.07, 6.45) is 4.83. The fourth-order valence-electron chi connectivity index (χ4n) is 4.94. The first-order chi connectivity index (χ1) is 17.7. The van der Waals surface area contributed by atoms with Gasteiger partial charge in [-0.3, -0.25) is 5.32 Å². The molecule has 196 valence electrons. The predicted octanol–water partition coefficient (Wildman–Crippen LogP) is 6.93. The van der Waals surface area contributed by atoms with Crippen LogP contribution in [-0.2, 0) is 37.1 Å².